The Morgan fingerprint density at radius 1 is 0.950 bits per heavy atom. The van der Waals surface area contributed by atoms with Crippen LogP contribution in [0.5, 0.6) is 0 Å². The first-order valence-electron chi connectivity index (χ1n) is 5.46. The molecule has 114 valence electrons. The van der Waals surface area contributed by atoms with Gasteiger partial charge >= 0.3 is 6.18 Å². The molecule has 1 rings (SSSR count). The monoisotopic (exact) mass is 303 g/mol. The van der Waals surface area contributed by atoms with E-state index in [1.165, 1.54) is 0 Å². The van der Waals surface area contributed by atoms with Crippen LogP contribution in [-0.4, -0.2) is 27.4 Å². The van der Waals surface area contributed by atoms with E-state index in [1.807, 2.05) is 0 Å². The summed E-state index contributed by atoms with van der Waals surface area (Å²) in [6.45, 7) is 2.00. The molecule has 2 atom stereocenters. The van der Waals surface area contributed by atoms with Gasteiger partial charge in [-0.2, -0.15) is 17.6 Å². The van der Waals surface area contributed by atoms with Crippen molar-refractivity contribution in [1.29, 1.82) is 0 Å². The molecule has 1 aromatic rings. The zero-order valence-corrected chi connectivity index (χ0v) is 10.3. The largest absolute Gasteiger partial charge is 0.436 e. The molecule has 0 amide bonds. The van der Waals surface area contributed by atoms with Crippen LogP contribution in [0, 0.1) is 17.6 Å². The molecule has 3 nitrogen and oxygen atoms in total. The molecule has 0 radical (unpaired) electrons. The van der Waals surface area contributed by atoms with Crippen molar-refractivity contribution >= 4 is 0 Å². The first-order valence-corrected chi connectivity index (χ1v) is 5.46. The van der Waals surface area contributed by atoms with Gasteiger partial charge in [0.15, 0.2) is 17.3 Å². The van der Waals surface area contributed by atoms with Gasteiger partial charge in [-0.25, -0.2) is 13.8 Å². The van der Waals surface area contributed by atoms with Gasteiger partial charge in [0.2, 0.25) is 5.95 Å². The molecule has 0 aromatic carbocycles. The summed E-state index contributed by atoms with van der Waals surface area (Å²) >= 11 is 0. The fraction of sp³-hybridized carbons (Fsp3) is 0.545. The van der Waals surface area contributed by atoms with Crippen molar-refractivity contribution in [2.45, 2.75) is 38.1 Å². The van der Waals surface area contributed by atoms with Gasteiger partial charge in [0.05, 0.1) is 12.2 Å². The average molecular weight is 303 g/mol. The predicted octanol–water partition coefficient (Wildman–Crippen LogP) is 2.36. The van der Waals surface area contributed by atoms with Gasteiger partial charge in [0.25, 0.3) is 0 Å². The lowest BCUT2D eigenvalue weighted by molar-refractivity contribution is -0.144. The van der Waals surface area contributed by atoms with Crippen LogP contribution in [-0.2, 0) is 6.18 Å². The minimum Gasteiger partial charge on any atom is -0.393 e. The standard InChI is InChI=1S/C11H11F6NO2/c1-3(19)5(4(2)20)6-7(12)9(11(15,16)17)18-10(14)8(6)13/h3-5,19-20H,1-2H3. The molecule has 0 spiro atoms. The Kier molecular flexibility index (Phi) is 4.65. The van der Waals surface area contributed by atoms with Gasteiger partial charge in [-0.05, 0) is 13.8 Å². The number of halogens is 6. The molecular weight excluding hydrogens is 292 g/mol. The average Bonchev–Trinajstić information content (AvgIpc) is 2.26. The molecule has 2 N–H and O–H groups in total. The van der Waals surface area contributed by atoms with Gasteiger partial charge in [0.1, 0.15) is 0 Å². The number of pyridine rings is 1. The third kappa shape index (κ3) is 3.04. The molecular formula is C11H11F6NO2. The van der Waals surface area contributed by atoms with Crippen molar-refractivity contribution in [3.05, 3.63) is 28.8 Å². The maximum absolute atomic E-state index is 13.8. The maximum atomic E-state index is 13.8. The lowest BCUT2D eigenvalue weighted by atomic mass is 9.89. The summed E-state index contributed by atoms with van der Waals surface area (Å²) in [5, 5.41) is 18.7. The van der Waals surface area contributed by atoms with Crippen molar-refractivity contribution in [3.63, 3.8) is 0 Å². The fourth-order valence-electron chi connectivity index (χ4n) is 1.90. The van der Waals surface area contributed by atoms with Crippen LogP contribution in [0.2, 0.25) is 0 Å². The molecule has 20 heavy (non-hydrogen) atoms. The number of aliphatic hydroxyl groups excluding tert-OH is 2. The van der Waals surface area contributed by atoms with Crippen molar-refractivity contribution in [2.75, 3.05) is 0 Å². The van der Waals surface area contributed by atoms with Crippen LogP contribution in [0.15, 0.2) is 0 Å². The molecule has 0 aliphatic rings. The first-order chi connectivity index (χ1) is 8.98. The van der Waals surface area contributed by atoms with Crippen LogP contribution in [0.1, 0.15) is 31.0 Å². The molecule has 2 unspecified atom stereocenters. The normalized spacial score (nSPS) is 16.9. The summed E-state index contributed by atoms with van der Waals surface area (Å²) in [7, 11) is 0. The molecule has 0 bridgehead atoms. The molecule has 0 aliphatic heterocycles. The van der Waals surface area contributed by atoms with Crippen LogP contribution >= 0.6 is 0 Å². The summed E-state index contributed by atoms with van der Waals surface area (Å²) < 4.78 is 77.9. The Balaban J connectivity index is 3.65. The minimum atomic E-state index is -5.34. The minimum absolute atomic E-state index is 1.00. The number of nitrogens with zero attached hydrogens (tertiary/aromatic N) is 1. The predicted molar refractivity (Wildman–Crippen MR) is 55.2 cm³/mol. The van der Waals surface area contributed by atoms with E-state index in [4.69, 9.17) is 0 Å². The third-order valence-electron chi connectivity index (χ3n) is 2.71. The second kappa shape index (κ2) is 5.57. The lowest BCUT2D eigenvalue weighted by Gasteiger charge is -2.25. The van der Waals surface area contributed by atoms with Gasteiger partial charge in [-0.15, -0.1) is 0 Å². The molecule has 0 saturated carbocycles. The lowest BCUT2D eigenvalue weighted by Crippen LogP contribution is -2.29. The highest BCUT2D eigenvalue weighted by atomic mass is 19.4. The highest BCUT2D eigenvalue weighted by Crippen LogP contribution is 2.36. The number of aromatic nitrogens is 1. The van der Waals surface area contributed by atoms with Crippen LogP contribution in [0.4, 0.5) is 26.3 Å². The SMILES string of the molecule is CC(O)C(c1c(F)c(F)nc(C(F)(F)F)c1F)C(C)O. The summed E-state index contributed by atoms with van der Waals surface area (Å²) in [4.78, 5) is 2.20. The number of alkyl halides is 3. The van der Waals surface area contributed by atoms with E-state index in [9.17, 15) is 36.6 Å². The third-order valence-corrected chi connectivity index (χ3v) is 2.71. The van der Waals surface area contributed by atoms with E-state index in [0.717, 1.165) is 13.8 Å². The van der Waals surface area contributed by atoms with E-state index in [2.05, 4.69) is 4.98 Å². The highest BCUT2D eigenvalue weighted by Gasteiger charge is 2.42. The summed E-state index contributed by atoms with van der Waals surface area (Å²) in [6, 6.07) is 0. The van der Waals surface area contributed by atoms with Crippen molar-refractivity contribution in [3.8, 4) is 0 Å². The van der Waals surface area contributed by atoms with Crippen LogP contribution in [0.3, 0.4) is 0 Å². The van der Waals surface area contributed by atoms with Gasteiger partial charge in [-0.3, -0.25) is 0 Å². The summed E-state index contributed by atoms with van der Waals surface area (Å²) in [5.41, 5.74) is -3.62. The number of aliphatic hydroxyl groups is 2. The molecule has 9 heteroatoms. The van der Waals surface area contributed by atoms with E-state index in [0.29, 0.717) is 0 Å². The zero-order chi connectivity index (χ0) is 15.8. The maximum Gasteiger partial charge on any atom is 0.436 e. The van der Waals surface area contributed by atoms with E-state index < -0.39 is 53.1 Å². The van der Waals surface area contributed by atoms with E-state index in [1.54, 1.807) is 0 Å². The Bertz CT molecular complexity index is 493. The second-order valence-corrected chi connectivity index (χ2v) is 4.30. The Morgan fingerprint density at radius 3 is 1.75 bits per heavy atom. The zero-order valence-electron chi connectivity index (χ0n) is 10.3. The van der Waals surface area contributed by atoms with Crippen molar-refractivity contribution < 1.29 is 36.6 Å². The highest BCUT2D eigenvalue weighted by molar-refractivity contribution is 5.29. The summed E-state index contributed by atoms with van der Waals surface area (Å²) in [6.07, 6.45) is -8.56. The number of rotatable bonds is 3. The first kappa shape index (κ1) is 16.7. The topological polar surface area (TPSA) is 53.4 Å². The molecule has 0 saturated heterocycles. The molecule has 1 heterocycles. The smallest absolute Gasteiger partial charge is 0.393 e. The van der Waals surface area contributed by atoms with Crippen molar-refractivity contribution in [2.24, 2.45) is 0 Å². The molecule has 1 aromatic heterocycles. The Hall–Kier alpha value is -1.35. The van der Waals surface area contributed by atoms with Crippen LogP contribution < -0.4 is 0 Å². The van der Waals surface area contributed by atoms with Gasteiger partial charge in [-0.1, -0.05) is 0 Å². The van der Waals surface area contributed by atoms with E-state index in [-0.39, 0.29) is 0 Å². The number of hydrogen-bond acceptors (Lipinski definition) is 3. The summed E-state index contributed by atoms with van der Waals surface area (Å²) in [5.74, 6) is -8.04. The Morgan fingerprint density at radius 2 is 1.40 bits per heavy atom. The number of hydrogen-bond donors (Lipinski definition) is 2. The Labute approximate surface area is 109 Å². The quantitative estimate of drug-likeness (QED) is 0.666. The second-order valence-electron chi connectivity index (χ2n) is 4.30. The fourth-order valence-corrected chi connectivity index (χ4v) is 1.90. The van der Waals surface area contributed by atoms with Gasteiger partial charge < -0.3 is 10.2 Å². The van der Waals surface area contributed by atoms with Gasteiger partial charge in [0, 0.05) is 11.5 Å². The van der Waals surface area contributed by atoms with E-state index >= 15 is 0 Å². The molecule has 0 fully saturated rings. The van der Waals surface area contributed by atoms with Crippen LogP contribution in [0.25, 0.3) is 0 Å². The molecule has 0 aliphatic carbocycles. The van der Waals surface area contributed by atoms with Crippen molar-refractivity contribution in [1.82, 2.24) is 4.98 Å².